The summed E-state index contributed by atoms with van der Waals surface area (Å²) in [5, 5.41) is 17.1. The highest BCUT2D eigenvalue weighted by atomic mass is 32.2. The Balaban J connectivity index is 0.000000509. The molecule has 0 saturated carbocycles. The summed E-state index contributed by atoms with van der Waals surface area (Å²) in [5.74, 6) is -4.07. The standard InChI is InChI=1S/C20H17NO5S.C2HF3O2/c1-26-20(23)18-6-5-14(11-19(18)22)13-27(24,25)17-4-2-3-16(12-17)15-7-9-21-10-8-15;3-2(4,5)1(6)7/h2-12,22H,13H2,1H3;(H,6,7). The Kier molecular flexibility index (Phi) is 8.36. The number of carboxylic acids is 1. The number of phenolic OH excluding ortho intramolecular Hbond substituents is 1. The highest BCUT2D eigenvalue weighted by Gasteiger charge is 2.38. The maximum absolute atomic E-state index is 12.8. The molecule has 2 aromatic carbocycles. The minimum absolute atomic E-state index is 0.0154. The molecule has 0 atom stereocenters. The monoisotopic (exact) mass is 497 g/mol. The first-order valence-corrected chi connectivity index (χ1v) is 10.9. The fourth-order valence-electron chi connectivity index (χ4n) is 2.67. The maximum atomic E-state index is 12.8. The number of ether oxygens (including phenoxy) is 1. The van der Waals surface area contributed by atoms with Crippen LogP contribution in [0, 0.1) is 0 Å². The van der Waals surface area contributed by atoms with E-state index < -0.39 is 28.0 Å². The number of alkyl halides is 3. The molecule has 0 radical (unpaired) electrons. The van der Waals surface area contributed by atoms with E-state index in [-0.39, 0.29) is 22.0 Å². The Morgan fingerprint density at radius 1 is 1.00 bits per heavy atom. The topological polar surface area (TPSA) is 131 Å². The number of esters is 1. The average molecular weight is 497 g/mol. The van der Waals surface area contributed by atoms with Crippen molar-refractivity contribution in [2.24, 2.45) is 0 Å². The van der Waals surface area contributed by atoms with Crippen molar-refractivity contribution in [3.8, 4) is 16.9 Å². The van der Waals surface area contributed by atoms with E-state index >= 15 is 0 Å². The van der Waals surface area contributed by atoms with Gasteiger partial charge in [0.05, 0.1) is 17.8 Å². The normalized spacial score (nSPS) is 11.2. The summed E-state index contributed by atoms with van der Waals surface area (Å²) in [7, 11) is -2.44. The lowest BCUT2D eigenvalue weighted by Gasteiger charge is -2.09. The second-order valence-corrected chi connectivity index (χ2v) is 8.66. The van der Waals surface area contributed by atoms with Crippen LogP contribution in [0.3, 0.4) is 0 Å². The SMILES string of the molecule is COC(=O)c1ccc(CS(=O)(=O)c2cccc(-c3ccncc3)c2)cc1O.O=C(O)C(F)(F)F. The second kappa shape index (κ2) is 10.8. The number of carboxylic acid groups (broad SMARTS) is 1. The summed E-state index contributed by atoms with van der Waals surface area (Å²) in [6, 6.07) is 14.3. The number of nitrogens with zero attached hydrogens (tertiary/aromatic N) is 1. The molecule has 0 saturated heterocycles. The van der Waals surface area contributed by atoms with Crippen molar-refractivity contribution in [3.05, 3.63) is 78.1 Å². The zero-order valence-corrected chi connectivity index (χ0v) is 18.3. The Bertz CT molecular complexity index is 1280. The van der Waals surface area contributed by atoms with Gasteiger partial charge < -0.3 is 14.9 Å². The zero-order valence-electron chi connectivity index (χ0n) is 17.5. The lowest BCUT2D eigenvalue weighted by Crippen LogP contribution is -2.21. The first-order chi connectivity index (χ1) is 15.8. The molecule has 8 nitrogen and oxygen atoms in total. The Morgan fingerprint density at radius 2 is 1.62 bits per heavy atom. The molecule has 180 valence electrons. The predicted molar refractivity (Wildman–Crippen MR) is 114 cm³/mol. The second-order valence-electron chi connectivity index (χ2n) is 6.67. The van der Waals surface area contributed by atoms with Crippen molar-refractivity contribution in [1.29, 1.82) is 0 Å². The molecule has 0 aliphatic heterocycles. The number of phenols is 1. The number of aliphatic carboxylic acids is 1. The van der Waals surface area contributed by atoms with E-state index in [1.54, 1.807) is 36.7 Å². The first kappa shape index (κ1) is 26.3. The molecule has 1 heterocycles. The smallest absolute Gasteiger partial charge is 0.490 e. The van der Waals surface area contributed by atoms with Gasteiger partial charge in [-0.15, -0.1) is 0 Å². The molecule has 0 spiro atoms. The number of carbonyl (C=O) groups is 2. The Morgan fingerprint density at radius 3 is 2.15 bits per heavy atom. The average Bonchev–Trinajstić information content (AvgIpc) is 2.79. The maximum Gasteiger partial charge on any atom is 0.490 e. The number of halogens is 3. The molecule has 0 unspecified atom stereocenters. The van der Waals surface area contributed by atoms with Gasteiger partial charge in [0, 0.05) is 12.4 Å². The highest BCUT2D eigenvalue weighted by molar-refractivity contribution is 7.90. The highest BCUT2D eigenvalue weighted by Crippen LogP contribution is 2.26. The number of rotatable bonds is 5. The molecule has 34 heavy (non-hydrogen) atoms. The Labute approximate surface area is 192 Å². The fraction of sp³-hybridized carbons (Fsp3) is 0.136. The lowest BCUT2D eigenvalue weighted by atomic mass is 10.1. The summed E-state index contributed by atoms with van der Waals surface area (Å²) in [6.07, 6.45) is -1.80. The molecule has 3 aromatic rings. The molecular weight excluding hydrogens is 479 g/mol. The third-order valence-electron chi connectivity index (χ3n) is 4.27. The number of hydrogen-bond donors (Lipinski definition) is 2. The zero-order chi connectivity index (χ0) is 25.5. The van der Waals surface area contributed by atoms with Crippen LogP contribution in [0.1, 0.15) is 15.9 Å². The van der Waals surface area contributed by atoms with Crippen LogP contribution in [0.15, 0.2) is 71.9 Å². The van der Waals surface area contributed by atoms with E-state index in [0.717, 1.165) is 11.1 Å². The molecule has 3 rings (SSSR count). The number of pyridine rings is 1. The van der Waals surface area contributed by atoms with Crippen LogP contribution >= 0.6 is 0 Å². The fourth-order valence-corrected chi connectivity index (χ4v) is 4.04. The van der Waals surface area contributed by atoms with Crippen molar-refractivity contribution in [2.45, 2.75) is 16.8 Å². The first-order valence-electron chi connectivity index (χ1n) is 9.28. The molecule has 0 amide bonds. The summed E-state index contributed by atoms with van der Waals surface area (Å²) >= 11 is 0. The van der Waals surface area contributed by atoms with Gasteiger partial charge in [-0.2, -0.15) is 13.2 Å². The van der Waals surface area contributed by atoms with Gasteiger partial charge in [-0.25, -0.2) is 18.0 Å². The molecule has 0 fully saturated rings. The third-order valence-corrected chi connectivity index (χ3v) is 5.96. The molecule has 0 aliphatic carbocycles. The van der Waals surface area contributed by atoms with Gasteiger partial charge in [-0.1, -0.05) is 18.2 Å². The van der Waals surface area contributed by atoms with Crippen LogP contribution in [-0.4, -0.2) is 48.8 Å². The van der Waals surface area contributed by atoms with E-state index in [4.69, 9.17) is 9.90 Å². The number of sulfone groups is 1. The van der Waals surface area contributed by atoms with E-state index in [1.807, 2.05) is 6.07 Å². The van der Waals surface area contributed by atoms with Crippen LogP contribution in [0.4, 0.5) is 13.2 Å². The third kappa shape index (κ3) is 7.04. The molecular formula is C22H18F3NO7S. The number of benzene rings is 2. The van der Waals surface area contributed by atoms with Crippen LogP contribution in [-0.2, 0) is 25.1 Å². The van der Waals surface area contributed by atoms with Gasteiger partial charge in [0.15, 0.2) is 9.84 Å². The minimum Gasteiger partial charge on any atom is -0.507 e. The molecule has 2 N–H and O–H groups in total. The van der Waals surface area contributed by atoms with Gasteiger partial charge >= 0.3 is 18.1 Å². The summed E-state index contributed by atoms with van der Waals surface area (Å²) in [4.78, 5) is 24.5. The van der Waals surface area contributed by atoms with Crippen LogP contribution in [0.2, 0.25) is 0 Å². The number of methoxy groups -OCH3 is 1. The quantitative estimate of drug-likeness (QED) is 0.509. The van der Waals surface area contributed by atoms with Crippen molar-refractivity contribution in [3.63, 3.8) is 0 Å². The van der Waals surface area contributed by atoms with Crippen LogP contribution in [0.25, 0.3) is 11.1 Å². The number of aromatic hydroxyl groups is 1. The molecule has 0 aliphatic rings. The van der Waals surface area contributed by atoms with Gasteiger partial charge in [0.2, 0.25) is 0 Å². The summed E-state index contributed by atoms with van der Waals surface area (Å²) in [6.45, 7) is 0. The summed E-state index contributed by atoms with van der Waals surface area (Å²) < 4.78 is 61.9. The summed E-state index contributed by atoms with van der Waals surface area (Å²) in [5.41, 5.74) is 1.98. The van der Waals surface area contributed by atoms with Gasteiger partial charge in [0.1, 0.15) is 11.3 Å². The van der Waals surface area contributed by atoms with E-state index in [0.29, 0.717) is 5.56 Å². The van der Waals surface area contributed by atoms with E-state index in [9.17, 15) is 31.5 Å². The van der Waals surface area contributed by atoms with Crippen molar-refractivity contribution >= 4 is 21.8 Å². The van der Waals surface area contributed by atoms with Crippen molar-refractivity contribution in [1.82, 2.24) is 4.98 Å². The Hall–Kier alpha value is -3.93. The van der Waals surface area contributed by atoms with E-state index in [1.165, 1.54) is 31.4 Å². The minimum atomic E-state index is -5.08. The molecule has 0 bridgehead atoms. The molecule has 1 aromatic heterocycles. The number of aromatic nitrogens is 1. The number of hydrogen-bond acceptors (Lipinski definition) is 7. The van der Waals surface area contributed by atoms with Crippen LogP contribution in [0.5, 0.6) is 5.75 Å². The number of carbonyl (C=O) groups excluding carboxylic acids is 1. The van der Waals surface area contributed by atoms with Gasteiger partial charge in [-0.05, 0) is 53.1 Å². The van der Waals surface area contributed by atoms with Crippen molar-refractivity contribution < 1.29 is 46.1 Å². The largest absolute Gasteiger partial charge is 0.507 e. The van der Waals surface area contributed by atoms with Gasteiger partial charge in [-0.3, -0.25) is 4.98 Å². The van der Waals surface area contributed by atoms with Gasteiger partial charge in [0.25, 0.3) is 0 Å². The van der Waals surface area contributed by atoms with Crippen molar-refractivity contribution in [2.75, 3.05) is 7.11 Å². The van der Waals surface area contributed by atoms with E-state index in [2.05, 4.69) is 9.72 Å². The lowest BCUT2D eigenvalue weighted by molar-refractivity contribution is -0.192. The van der Waals surface area contributed by atoms with Crippen LogP contribution < -0.4 is 0 Å². The molecule has 12 heteroatoms. The predicted octanol–water partition coefficient (Wildman–Crippen LogP) is 3.85.